The van der Waals surface area contributed by atoms with Gasteiger partial charge in [-0.2, -0.15) is 0 Å². The van der Waals surface area contributed by atoms with Crippen molar-refractivity contribution in [2.45, 2.75) is 34.1 Å². The van der Waals surface area contributed by atoms with Gasteiger partial charge in [-0.15, -0.1) is 0 Å². The fraction of sp³-hybridized carbons (Fsp3) is 0.875. The molecule has 0 aromatic heterocycles. The maximum atomic E-state index is 5.16. The van der Waals surface area contributed by atoms with Gasteiger partial charge in [0.1, 0.15) is 0 Å². The van der Waals surface area contributed by atoms with Crippen LogP contribution in [0.4, 0.5) is 0 Å². The average molecular weight is 129 g/mol. The van der Waals surface area contributed by atoms with Gasteiger partial charge in [0.05, 0.1) is 13.2 Å². The van der Waals surface area contributed by atoms with E-state index < -0.39 is 0 Å². The minimum Gasteiger partial charge on any atom is -0.375 e. The monoisotopic (exact) mass is 129 g/mol. The third-order valence-electron chi connectivity index (χ3n) is 1.60. The van der Waals surface area contributed by atoms with Gasteiger partial charge in [-0.25, -0.2) is 0 Å². The Morgan fingerprint density at radius 1 is 1.44 bits per heavy atom. The van der Waals surface area contributed by atoms with E-state index in [0.29, 0.717) is 5.41 Å². The highest BCUT2D eigenvalue weighted by atomic mass is 16.5. The molecule has 9 heavy (non-hydrogen) atoms. The molecule has 0 aliphatic rings. The van der Waals surface area contributed by atoms with E-state index in [1.165, 1.54) is 6.42 Å². The Morgan fingerprint density at radius 3 is 2.33 bits per heavy atom. The van der Waals surface area contributed by atoms with Crippen molar-refractivity contribution in [1.29, 1.82) is 0 Å². The van der Waals surface area contributed by atoms with Crippen LogP contribution in [0.25, 0.3) is 0 Å². The van der Waals surface area contributed by atoms with E-state index in [0.717, 1.165) is 6.61 Å². The van der Waals surface area contributed by atoms with E-state index in [1.807, 2.05) is 6.92 Å². The molecule has 0 aliphatic carbocycles. The minimum atomic E-state index is 0.340. The van der Waals surface area contributed by atoms with Crippen LogP contribution in [0.15, 0.2) is 0 Å². The summed E-state index contributed by atoms with van der Waals surface area (Å²) in [5.41, 5.74) is 0.340. The van der Waals surface area contributed by atoms with E-state index in [2.05, 4.69) is 20.8 Å². The van der Waals surface area contributed by atoms with Gasteiger partial charge >= 0.3 is 0 Å². The Morgan fingerprint density at radius 2 is 2.00 bits per heavy atom. The predicted molar refractivity (Wildman–Crippen MR) is 40.0 cm³/mol. The van der Waals surface area contributed by atoms with E-state index in [9.17, 15) is 0 Å². The second-order valence-corrected chi connectivity index (χ2v) is 3.06. The molecule has 0 amide bonds. The zero-order chi connectivity index (χ0) is 7.33. The molecule has 1 heteroatoms. The summed E-state index contributed by atoms with van der Waals surface area (Å²) >= 11 is 0. The third kappa shape index (κ3) is 4.46. The molecule has 55 valence electrons. The van der Waals surface area contributed by atoms with E-state index in [-0.39, 0.29) is 0 Å². The standard InChI is InChI=1S/C8H17O/c1-5-8(3,4)7-9-6-2/h6H,5,7H2,1-4H3. The van der Waals surface area contributed by atoms with Gasteiger partial charge in [0.25, 0.3) is 0 Å². The van der Waals surface area contributed by atoms with E-state index in [4.69, 9.17) is 4.74 Å². The molecule has 0 unspecified atom stereocenters. The maximum Gasteiger partial charge on any atom is 0.0806 e. The molecule has 0 atom stereocenters. The van der Waals surface area contributed by atoms with Crippen LogP contribution >= 0.6 is 0 Å². The second-order valence-electron chi connectivity index (χ2n) is 3.06. The van der Waals surface area contributed by atoms with Crippen LogP contribution in [0.1, 0.15) is 34.1 Å². The van der Waals surface area contributed by atoms with Crippen LogP contribution in [-0.2, 0) is 4.74 Å². The van der Waals surface area contributed by atoms with Gasteiger partial charge in [-0.05, 0) is 18.8 Å². The molecule has 0 aromatic carbocycles. The minimum absolute atomic E-state index is 0.340. The molecule has 1 nitrogen and oxygen atoms in total. The zero-order valence-electron chi connectivity index (χ0n) is 6.90. The molecule has 0 heterocycles. The summed E-state index contributed by atoms with van der Waals surface area (Å²) in [6.07, 6.45) is 1.17. The largest absolute Gasteiger partial charge is 0.375 e. The Balaban J connectivity index is 3.33. The Bertz CT molecular complexity index is 67.0. The van der Waals surface area contributed by atoms with Gasteiger partial charge in [0.15, 0.2) is 0 Å². The zero-order valence-corrected chi connectivity index (χ0v) is 6.90. The number of hydrogen-bond donors (Lipinski definition) is 0. The third-order valence-corrected chi connectivity index (χ3v) is 1.60. The highest BCUT2D eigenvalue weighted by molar-refractivity contribution is 4.64. The molecular formula is C8H17O. The van der Waals surface area contributed by atoms with E-state index >= 15 is 0 Å². The summed E-state index contributed by atoms with van der Waals surface area (Å²) in [6, 6.07) is 0. The molecule has 1 radical (unpaired) electrons. The van der Waals surface area contributed by atoms with Crippen molar-refractivity contribution in [3.05, 3.63) is 6.61 Å². The van der Waals surface area contributed by atoms with Crippen LogP contribution in [0.5, 0.6) is 0 Å². The molecule has 0 N–H and O–H groups in total. The van der Waals surface area contributed by atoms with Gasteiger partial charge in [-0.1, -0.05) is 20.8 Å². The summed E-state index contributed by atoms with van der Waals surface area (Å²) in [4.78, 5) is 0. The van der Waals surface area contributed by atoms with E-state index in [1.54, 1.807) is 6.61 Å². The first-order valence-electron chi connectivity index (χ1n) is 3.52. The quantitative estimate of drug-likeness (QED) is 0.567. The lowest BCUT2D eigenvalue weighted by atomic mass is 9.92. The first-order chi connectivity index (χ1) is 4.12. The van der Waals surface area contributed by atoms with Gasteiger partial charge in [0, 0.05) is 0 Å². The van der Waals surface area contributed by atoms with Crippen molar-refractivity contribution in [1.82, 2.24) is 0 Å². The average Bonchev–Trinajstić information content (AvgIpc) is 1.84. The summed E-state index contributed by atoms with van der Waals surface area (Å²) in [7, 11) is 0. The van der Waals surface area contributed by atoms with Crippen LogP contribution in [0.2, 0.25) is 0 Å². The molecular weight excluding hydrogens is 112 g/mol. The summed E-state index contributed by atoms with van der Waals surface area (Å²) < 4.78 is 5.16. The van der Waals surface area contributed by atoms with Crippen LogP contribution < -0.4 is 0 Å². The van der Waals surface area contributed by atoms with Crippen molar-refractivity contribution in [3.63, 3.8) is 0 Å². The van der Waals surface area contributed by atoms with Gasteiger partial charge in [-0.3, -0.25) is 0 Å². The Hall–Kier alpha value is -0.0400. The first-order valence-corrected chi connectivity index (χ1v) is 3.52. The SMILES string of the molecule is C[CH]OCC(C)(C)CC. The predicted octanol–water partition coefficient (Wildman–Crippen LogP) is 2.62. The van der Waals surface area contributed by atoms with Crippen LogP contribution in [0.3, 0.4) is 0 Å². The smallest absolute Gasteiger partial charge is 0.0806 e. The maximum absolute atomic E-state index is 5.16. The topological polar surface area (TPSA) is 9.23 Å². The summed E-state index contributed by atoms with van der Waals surface area (Å²) in [5, 5.41) is 0. The molecule has 0 aromatic rings. The molecule has 0 saturated carbocycles. The van der Waals surface area contributed by atoms with Gasteiger partial charge < -0.3 is 4.74 Å². The lowest BCUT2D eigenvalue weighted by Crippen LogP contribution is -2.16. The number of hydrogen-bond acceptors (Lipinski definition) is 1. The van der Waals surface area contributed by atoms with Crippen molar-refractivity contribution in [3.8, 4) is 0 Å². The molecule has 0 rings (SSSR count). The van der Waals surface area contributed by atoms with Crippen LogP contribution in [-0.4, -0.2) is 6.61 Å². The first kappa shape index (κ1) is 8.96. The second kappa shape index (κ2) is 3.89. The summed E-state index contributed by atoms with van der Waals surface area (Å²) in [6.45, 7) is 11.1. The molecule has 0 fully saturated rings. The molecule has 0 spiro atoms. The van der Waals surface area contributed by atoms with Crippen molar-refractivity contribution >= 4 is 0 Å². The normalized spacial score (nSPS) is 12.0. The lowest BCUT2D eigenvalue weighted by Gasteiger charge is -2.21. The molecule has 0 saturated heterocycles. The van der Waals surface area contributed by atoms with Crippen molar-refractivity contribution in [2.75, 3.05) is 6.61 Å². The summed E-state index contributed by atoms with van der Waals surface area (Å²) in [5.74, 6) is 0. The fourth-order valence-corrected chi connectivity index (χ4v) is 0.411. The highest BCUT2D eigenvalue weighted by Gasteiger charge is 2.13. The molecule has 0 bridgehead atoms. The number of rotatable bonds is 4. The van der Waals surface area contributed by atoms with Gasteiger partial charge in [0.2, 0.25) is 0 Å². The molecule has 0 aliphatic heterocycles. The van der Waals surface area contributed by atoms with Crippen LogP contribution in [0, 0.1) is 12.0 Å². The fourth-order valence-electron chi connectivity index (χ4n) is 0.411. The number of ether oxygens (including phenoxy) is 1. The lowest BCUT2D eigenvalue weighted by molar-refractivity contribution is 0.107. The van der Waals surface area contributed by atoms with Crippen molar-refractivity contribution in [2.24, 2.45) is 5.41 Å². The van der Waals surface area contributed by atoms with Crippen molar-refractivity contribution < 1.29 is 4.74 Å². The Kier molecular flexibility index (Phi) is 3.87. The Labute approximate surface area is 58.4 Å². The highest BCUT2D eigenvalue weighted by Crippen LogP contribution is 2.19.